The van der Waals surface area contributed by atoms with Crippen molar-refractivity contribution < 1.29 is 0 Å². The van der Waals surface area contributed by atoms with Gasteiger partial charge in [0.1, 0.15) is 0 Å². The quantitative estimate of drug-likeness (QED) is 0.586. The fourth-order valence-electron chi connectivity index (χ4n) is 3.41. The molecule has 0 heterocycles. The minimum absolute atomic E-state index is 1.04. The minimum Gasteiger partial charge on any atom is -0.0651 e. The van der Waals surface area contributed by atoms with Gasteiger partial charge >= 0.3 is 0 Å². The SMILES string of the molecule is CCC1CC(C2CC(C)C2)C1C. The molecule has 0 N–H and O–H groups in total. The molecule has 0 heteroatoms. The molecule has 0 spiro atoms. The van der Waals surface area contributed by atoms with E-state index in [1.54, 1.807) is 6.42 Å². The molecule has 0 aromatic carbocycles. The molecule has 2 saturated carbocycles. The van der Waals surface area contributed by atoms with Gasteiger partial charge in [-0.3, -0.25) is 0 Å². The van der Waals surface area contributed by atoms with Crippen LogP contribution in [0.4, 0.5) is 0 Å². The Morgan fingerprint density at radius 3 is 2.17 bits per heavy atom. The van der Waals surface area contributed by atoms with E-state index in [2.05, 4.69) is 20.8 Å². The molecule has 0 aromatic rings. The molecule has 0 saturated heterocycles. The van der Waals surface area contributed by atoms with Crippen LogP contribution in [0, 0.1) is 29.6 Å². The molecule has 70 valence electrons. The summed E-state index contributed by atoms with van der Waals surface area (Å²) in [5, 5.41) is 0. The highest BCUT2D eigenvalue weighted by atomic mass is 14.5. The summed E-state index contributed by atoms with van der Waals surface area (Å²) in [7, 11) is 0. The van der Waals surface area contributed by atoms with Crippen LogP contribution in [0.3, 0.4) is 0 Å². The molecule has 2 rings (SSSR count). The van der Waals surface area contributed by atoms with E-state index in [0.29, 0.717) is 0 Å². The second-order valence-electron chi connectivity index (χ2n) is 5.26. The van der Waals surface area contributed by atoms with Crippen LogP contribution in [0.2, 0.25) is 0 Å². The van der Waals surface area contributed by atoms with Crippen LogP contribution in [0.1, 0.15) is 46.5 Å². The first kappa shape index (κ1) is 8.59. The summed E-state index contributed by atoms with van der Waals surface area (Å²) in [6.07, 6.45) is 6.03. The Kier molecular flexibility index (Phi) is 2.18. The molecule has 12 heavy (non-hydrogen) atoms. The van der Waals surface area contributed by atoms with Crippen molar-refractivity contribution in [3.63, 3.8) is 0 Å². The standard InChI is InChI=1S/C12H22/c1-4-10-7-12(9(10)3)11-5-8(2)6-11/h8-12H,4-7H2,1-3H3. The van der Waals surface area contributed by atoms with Gasteiger partial charge in [-0.2, -0.15) is 0 Å². The van der Waals surface area contributed by atoms with Gasteiger partial charge in [0.2, 0.25) is 0 Å². The van der Waals surface area contributed by atoms with Crippen molar-refractivity contribution in [2.45, 2.75) is 46.5 Å². The average Bonchev–Trinajstić information content (AvgIpc) is 1.99. The molecule has 2 fully saturated rings. The summed E-state index contributed by atoms with van der Waals surface area (Å²) in [4.78, 5) is 0. The van der Waals surface area contributed by atoms with Crippen LogP contribution in [-0.2, 0) is 0 Å². The highest BCUT2D eigenvalue weighted by Crippen LogP contribution is 2.53. The maximum absolute atomic E-state index is 2.48. The summed E-state index contributed by atoms with van der Waals surface area (Å²) >= 11 is 0. The number of hydrogen-bond acceptors (Lipinski definition) is 0. The Hall–Kier alpha value is 0. The van der Waals surface area contributed by atoms with E-state index in [4.69, 9.17) is 0 Å². The summed E-state index contributed by atoms with van der Waals surface area (Å²) in [6.45, 7) is 7.23. The van der Waals surface area contributed by atoms with Crippen LogP contribution in [0.25, 0.3) is 0 Å². The Morgan fingerprint density at radius 2 is 1.75 bits per heavy atom. The van der Waals surface area contributed by atoms with E-state index >= 15 is 0 Å². The van der Waals surface area contributed by atoms with Crippen molar-refractivity contribution in [1.82, 2.24) is 0 Å². The number of hydrogen-bond donors (Lipinski definition) is 0. The van der Waals surface area contributed by atoms with Gasteiger partial charge in [-0.1, -0.05) is 27.2 Å². The van der Waals surface area contributed by atoms with Crippen molar-refractivity contribution in [3.05, 3.63) is 0 Å². The van der Waals surface area contributed by atoms with Gasteiger partial charge in [0.25, 0.3) is 0 Å². The summed E-state index contributed by atoms with van der Waals surface area (Å²) < 4.78 is 0. The van der Waals surface area contributed by atoms with E-state index in [9.17, 15) is 0 Å². The first-order valence-corrected chi connectivity index (χ1v) is 5.72. The van der Waals surface area contributed by atoms with Crippen molar-refractivity contribution >= 4 is 0 Å². The highest BCUT2D eigenvalue weighted by Gasteiger charge is 2.44. The smallest absolute Gasteiger partial charge is 0.0354 e. The molecule has 0 bridgehead atoms. The maximum atomic E-state index is 2.48. The Morgan fingerprint density at radius 1 is 1.08 bits per heavy atom. The van der Waals surface area contributed by atoms with E-state index < -0.39 is 0 Å². The van der Waals surface area contributed by atoms with Crippen LogP contribution >= 0.6 is 0 Å². The summed E-state index contributed by atoms with van der Waals surface area (Å²) in [5.74, 6) is 5.41. The Labute approximate surface area is 76.7 Å². The molecule has 0 nitrogen and oxygen atoms in total. The Balaban J connectivity index is 1.78. The van der Waals surface area contributed by atoms with E-state index in [1.807, 2.05) is 0 Å². The van der Waals surface area contributed by atoms with E-state index in [1.165, 1.54) is 19.3 Å². The van der Waals surface area contributed by atoms with Crippen LogP contribution in [0.15, 0.2) is 0 Å². The molecular formula is C12H22. The lowest BCUT2D eigenvalue weighted by atomic mass is 9.54. The second-order valence-corrected chi connectivity index (χ2v) is 5.26. The third-order valence-electron chi connectivity index (χ3n) is 4.53. The van der Waals surface area contributed by atoms with Crippen LogP contribution < -0.4 is 0 Å². The van der Waals surface area contributed by atoms with Crippen molar-refractivity contribution in [1.29, 1.82) is 0 Å². The zero-order valence-electron chi connectivity index (χ0n) is 8.72. The number of rotatable bonds is 2. The fraction of sp³-hybridized carbons (Fsp3) is 1.00. The molecule has 2 aliphatic rings. The van der Waals surface area contributed by atoms with Crippen molar-refractivity contribution in [2.75, 3.05) is 0 Å². The maximum Gasteiger partial charge on any atom is -0.0354 e. The summed E-state index contributed by atoms with van der Waals surface area (Å²) in [5.41, 5.74) is 0. The first-order chi connectivity index (χ1) is 5.72. The van der Waals surface area contributed by atoms with Crippen LogP contribution in [-0.4, -0.2) is 0 Å². The lowest BCUT2D eigenvalue weighted by Crippen LogP contribution is -2.43. The predicted molar refractivity (Wildman–Crippen MR) is 52.9 cm³/mol. The molecular weight excluding hydrogens is 144 g/mol. The normalized spacial score (nSPS) is 52.8. The predicted octanol–water partition coefficient (Wildman–Crippen LogP) is 3.71. The zero-order chi connectivity index (χ0) is 8.72. The lowest BCUT2D eigenvalue weighted by molar-refractivity contribution is -0.0180. The van der Waals surface area contributed by atoms with Gasteiger partial charge in [-0.15, -0.1) is 0 Å². The van der Waals surface area contributed by atoms with Crippen molar-refractivity contribution in [3.8, 4) is 0 Å². The third kappa shape index (κ3) is 1.20. The zero-order valence-corrected chi connectivity index (χ0v) is 8.72. The first-order valence-electron chi connectivity index (χ1n) is 5.72. The molecule has 0 aromatic heterocycles. The van der Waals surface area contributed by atoms with E-state index in [0.717, 1.165) is 29.6 Å². The van der Waals surface area contributed by atoms with E-state index in [-0.39, 0.29) is 0 Å². The molecule has 3 unspecified atom stereocenters. The van der Waals surface area contributed by atoms with Gasteiger partial charge in [0.05, 0.1) is 0 Å². The summed E-state index contributed by atoms with van der Waals surface area (Å²) in [6, 6.07) is 0. The average molecular weight is 166 g/mol. The molecule has 3 atom stereocenters. The van der Waals surface area contributed by atoms with Gasteiger partial charge in [-0.05, 0) is 48.9 Å². The fourth-order valence-corrected chi connectivity index (χ4v) is 3.41. The Bertz CT molecular complexity index is 153. The monoisotopic (exact) mass is 166 g/mol. The molecule has 2 aliphatic carbocycles. The molecule has 0 amide bonds. The second kappa shape index (κ2) is 3.05. The lowest BCUT2D eigenvalue weighted by Gasteiger charge is -2.51. The molecule has 0 aliphatic heterocycles. The van der Waals surface area contributed by atoms with Crippen LogP contribution in [0.5, 0.6) is 0 Å². The van der Waals surface area contributed by atoms with Gasteiger partial charge in [0, 0.05) is 0 Å². The third-order valence-corrected chi connectivity index (χ3v) is 4.53. The van der Waals surface area contributed by atoms with Crippen molar-refractivity contribution in [2.24, 2.45) is 29.6 Å². The van der Waals surface area contributed by atoms with Gasteiger partial charge in [-0.25, -0.2) is 0 Å². The largest absolute Gasteiger partial charge is 0.0651 e. The molecule has 0 radical (unpaired) electrons. The highest BCUT2D eigenvalue weighted by molar-refractivity contribution is 4.94. The minimum atomic E-state index is 1.04. The topological polar surface area (TPSA) is 0 Å². The van der Waals surface area contributed by atoms with Gasteiger partial charge in [0.15, 0.2) is 0 Å². The van der Waals surface area contributed by atoms with Gasteiger partial charge < -0.3 is 0 Å².